The van der Waals surface area contributed by atoms with Crippen LogP contribution in [0.25, 0.3) is 22.2 Å². The number of aromatic nitrogens is 3. The van der Waals surface area contributed by atoms with Crippen molar-refractivity contribution < 1.29 is 18.4 Å². The van der Waals surface area contributed by atoms with Gasteiger partial charge in [-0.15, -0.1) is 0 Å². The minimum absolute atomic E-state index is 0.226. The Morgan fingerprint density at radius 3 is 2.58 bits per heavy atom. The molecule has 0 radical (unpaired) electrons. The molecule has 1 unspecified atom stereocenters. The van der Waals surface area contributed by atoms with Gasteiger partial charge in [0.1, 0.15) is 23.4 Å². The quantitative estimate of drug-likeness (QED) is 0.383. The highest BCUT2D eigenvalue weighted by Crippen LogP contribution is 2.29. The summed E-state index contributed by atoms with van der Waals surface area (Å²) in [5.41, 5.74) is 8.01. The van der Waals surface area contributed by atoms with E-state index in [0.717, 1.165) is 28.6 Å². The molecule has 8 nitrogen and oxygen atoms in total. The van der Waals surface area contributed by atoms with Gasteiger partial charge in [-0.1, -0.05) is 6.07 Å². The Hall–Kier alpha value is -4.18. The molecular weight excluding hydrogens is 466 g/mol. The van der Waals surface area contributed by atoms with Crippen LogP contribution in [0.2, 0.25) is 0 Å². The first-order chi connectivity index (χ1) is 17.4. The van der Waals surface area contributed by atoms with E-state index in [1.807, 2.05) is 12.1 Å². The molecule has 0 spiro atoms. The predicted octanol–water partition coefficient (Wildman–Crippen LogP) is 3.32. The second-order valence-electron chi connectivity index (χ2n) is 8.82. The zero-order chi connectivity index (χ0) is 25.2. The molecule has 4 aromatic rings. The molecule has 1 aliphatic heterocycles. The van der Waals surface area contributed by atoms with E-state index in [9.17, 15) is 18.4 Å². The lowest BCUT2D eigenvalue weighted by Crippen LogP contribution is -2.51. The highest BCUT2D eigenvalue weighted by atomic mass is 19.1. The van der Waals surface area contributed by atoms with E-state index < -0.39 is 23.6 Å². The van der Waals surface area contributed by atoms with Crippen molar-refractivity contribution in [3.05, 3.63) is 83.7 Å². The number of pyridine rings is 1. The number of amides is 2. The molecule has 0 saturated carbocycles. The van der Waals surface area contributed by atoms with Crippen molar-refractivity contribution in [2.75, 3.05) is 13.1 Å². The number of nitrogens with zero attached hydrogens (tertiary/aromatic N) is 3. The van der Waals surface area contributed by atoms with Crippen LogP contribution < -0.4 is 11.1 Å². The number of nitrogens with two attached hydrogens (primary N) is 1. The maximum Gasteiger partial charge on any atom is 0.251 e. The number of hydrogen-bond acceptors (Lipinski definition) is 5. The third-order valence-electron chi connectivity index (χ3n) is 6.47. The standard InChI is InChI=1S/C26H24F2N6O2/c27-19-4-1-5-20(28)22(19)24(25(29)35)34-12-2-3-17(14-34)31-26(36)16-6-7-21-18(13-16)23(33-32-21)15-8-10-30-11-9-15/h1,4-11,13,17,24H,2-3,12,14H2,(H2,29,35)(H,31,36)(H,32,33)/t17-,24?/m1/s1. The largest absolute Gasteiger partial charge is 0.368 e. The lowest BCUT2D eigenvalue weighted by atomic mass is 9.97. The topological polar surface area (TPSA) is 117 Å². The third-order valence-corrected chi connectivity index (χ3v) is 6.47. The first-order valence-electron chi connectivity index (χ1n) is 11.6. The molecule has 4 N–H and O–H groups in total. The van der Waals surface area contributed by atoms with Gasteiger partial charge in [0.25, 0.3) is 5.91 Å². The fourth-order valence-electron chi connectivity index (χ4n) is 4.79. The van der Waals surface area contributed by atoms with Gasteiger partial charge >= 0.3 is 0 Å². The zero-order valence-electron chi connectivity index (χ0n) is 19.2. The van der Waals surface area contributed by atoms with Crippen molar-refractivity contribution >= 4 is 22.7 Å². The van der Waals surface area contributed by atoms with E-state index in [4.69, 9.17) is 5.73 Å². The Kier molecular flexibility index (Phi) is 6.43. The summed E-state index contributed by atoms with van der Waals surface area (Å²) in [5, 5.41) is 11.1. The molecule has 2 aromatic carbocycles. The highest BCUT2D eigenvalue weighted by molar-refractivity contribution is 6.01. The Labute approximate surface area is 205 Å². The van der Waals surface area contributed by atoms with Crippen LogP contribution in [0.15, 0.2) is 60.9 Å². The van der Waals surface area contributed by atoms with E-state index >= 15 is 0 Å². The number of piperidine rings is 1. The normalized spacial score (nSPS) is 17.1. The van der Waals surface area contributed by atoms with Gasteiger partial charge in [0.05, 0.1) is 11.1 Å². The lowest BCUT2D eigenvalue weighted by molar-refractivity contribution is -0.124. The van der Waals surface area contributed by atoms with Gasteiger partial charge in [-0.3, -0.25) is 24.6 Å². The number of likely N-dealkylation sites (tertiary alicyclic amines) is 1. The summed E-state index contributed by atoms with van der Waals surface area (Å²) in [6, 6.07) is 10.8. The van der Waals surface area contributed by atoms with Crippen molar-refractivity contribution in [3.8, 4) is 11.3 Å². The summed E-state index contributed by atoms with van der Waals surface area (Å²) >= 11 is 0. The molecule has 1 aliphatic rings. The molecule has 10 heteroatoms. The molecule has 3 heterocycles. The van der Waals surface area contributed by atoms with Crippen LogP contribution in [-0.4, -0.2) is 51.0 Å². The van der Waals surface area contributed by atoms with Gasteiger partial charge in [0, 0.05) is 41.5 Å². The number of fused-ring (bicyclic) bond motifs is 1. The van der Waals surface area contributed by atoms with Gasteiger partial charge in [0.2, 0.25) is 5.91 Å². The number of benzene rings is 2. The number of nitrogens with one attached hydrogen (secondary N) is 2. The fourth-order valence-corrected chi connectivity index (χ4v) is 4.79. The van der Waals surface area contributed by atoms with Crippen molar-refractivity contribution in [3.63, 3.8) is 0 Å². The second kappa shape index (κ2) is 9.82. The van der Waals surface area contributed by atoms with Gasteiger partial charge in [-0.2, -0.15) is 5.10 Å². The first kappa shape index (κ1) is 23.6. The number of carbonyl (C=O) groups excluding carboxylic acids is 2. The minimum atomic E-state index is -1.27. The van der Waals surface area contributed by atoms with Crippen molar-refractivity contribution in [1.82, 2.24) is 25.4 Å². The first-order valence-corrected chi connectivity index (χ1v) is 11.6. The van der Waals surface area contributed by atoms with Gasteiger partial charge in [-0.25, -0.2) is 8.78 Å². The Morgan fingerprint density at radius 1 is 1.11 bits per heavy atom. The molecule has 184 valence electrons. The average Bonchev–Trinajstić information content (AvgIpc) is 3.30. The molecule has 5 rings (SSSR count). The van der Waals surface area contributed by atoms with Crippen LogP contribution in [0.5, 0.6) is 0 Å². The highest BCUT2D eigenvalue weighted by Gasteiger charge is 2.34. The number of H-pyrrole nitrogens is 1. The van der Waals surface area contributed by atoms with Crippen molar-refractivity contribution in [2.45, 2.75) is 24.9 Å². The van der Waals surface area contributed by atoms with Crippen LogP contribution in [0.1, 0.15) is 34.8 Å². The lowest BCUT2D eigenvalue weighted by Gasteiger charge is -2.37. The molecule has 2 atom stereocenters. The van der Waals surface area contributed by atoms with Crippen LogP contribution in [0.3, 0.4) is 0 Å². The van der Waals surface area contributed by atoms with Crippen molar-refractivity contribution in [1.29, 1.82) is 0 Å². The number of aromatic amines is 1. The van der Waals surface area contributed by atoms with Crippen LogP contribution in [0, 0.1) is 11.6 Å². The summed E-state index contributed by atoms with van der Waals surface area (Å²) in [6.45, 7) is 0.646. The van der Waals surface area contributed by atoms with Gasteiger partial charge in [-0.05, 0) is 61.9 Å². The summed E-state index contributed by atoms with van der Waals surface area (Å²) in [7, 11) is 0. The molecule has 2 aromatic heterocycles. The number of primary amides is 1. The summed E-state index contributed by atoms with van der Waals surface area (Å²) in [4.78, 5) is 31.0. The maximum absolute atomic E-state index is 14.4. The smallest absolute Gasteiger partial charge is 0.251 e. The van der Waals surface area contributed by atoms with Gasteiger partial charge in [0.15, 0.2) is 0 Å². The second-order valence-corrected chi connectivity index (χ2v) is 8.82. The van der Waals surface area contributed by atoms with Crippen LogP contribution >= 0.6 is 0 Å². The molecule has 2 amide bonds. The van der Waals surface area contributed by atoms with Crippen LogP contribution in [-0.2, 0) is 4.79 Å². The summed E-state index contributed by atoms with van der Waals surface area (Å²) in [6.07, 6.45) is 4.63. The Bertz CT molecular complexity index is 1400. The zero-order valence-corrected chi connectivity index (χ0v) is 19.2. The molecule has 36 heavy (non-hydrogen) atoms. The predicted molar refractivity (Wildman–Crippen MR) is 130 cm³/mol. The Morgan fingerprint density at radius 2 is 1.86 bits per heavy atom. The number of rotatable bonds is 6. The van der Waals surface area contributed by atoms with E-state index in [1.54, 1.807) is 35.5 Å². The number of carbonyl (C=O) groups is 2. The average molecular weight is 491 g/mol. The van der Waals surface area contributed by atoms with Crippen molar-refractivity contribution in [2.24, 2.45) is 5.73 Å². The van der Waals surface area contributed by atoms with E-state index in [1.165, 1.54) is 6.07 Å². The monoisotopic (exact) mass is 490 g/mol. The molecule has 0 aliphatic carbocycles. The van der Waals surface area contributed by atoms with E-state index in [2.05, 4.69) is 20.5 Å². The van der Waals surface area contributed by atoms with Gasteiger partial charge < -0.3 is 11.1 Å². The number of halogens is 2. The summed E-state index contributed by atoms with van der Waals surface area (Å²) in [5.74, 6) is -2.80. The maximum atomic E-state index is 14.4. The number of hydrogen-bond donors (Lipinski definition) is 3. The van der Waals surface area contributed by atoms with E-state index in [0.29, 0.717) is 30.6 Å². The van der Waals surface area contributed by atoms with Crippen LogP contribution in [0.4, 0.5) is 8.78 Å². The molecule has 1 fully saturated rings. The molecular formula is C26H24F2N6O2. The fraction of sp³-hybridized carbons (Fsp3) is 0.231. The SMILES string of the molecule is NC(=O)C(c1c(F)cccc1F)N1CCC[C@@H](NC(=O)c2ccc3[nH]nc(-c4ccncc4)c3c2)C1. The van der Waals surface area contributed by atoms with E-state index in [-0.39, 0.29) is 24.1 Å². The third kappa shape index (κ3) is 4.55. The molecule has 1 saturated heterocycles. The Balaban J connectivity index is 1.35. The minimum Gasteiger partial charge on any atom is -0.368 e. The molecule has 0 bridgehead atoms. The summed E-state index contributed by atoms with van der Waals surface area (Å²) < 4.78 is 28.9.